The van der Waals surface area contributed by atoms with E-state index in [-0.39, 0.29) is 0 Å². The van der Waals surface area contributed by atoms with Crippen LogP contribution < -0.4 is 0 Å². The van der Waals surface area contributed by atoms with Crippen LogP contribution >= 0.6 is 11.8 Å². The van der Waals surface area contributed by atoms with Gasteiger partial charge in [0, 0.05) is 18.0 Å². The number of fused-ring (bicyclic) bond motifs is 1. The van der Waals surface area contributed by atoms with E-state index in [4.69, 9.17) is 4.98 Å². The van der Waals surface area contributed by atoms with Gasteiger partial charge in [0.25, 0.3) is 0 Å². The van der Waals surface area contributed by atoms with Crippen molar-refractivity contribution < 1.29 is 0 Å². The highest BCUT2D eigenvalue weighted by atomic mass is 32.2. The first-order valence-corrected chi connectivity index (χ1v) is 8.26. The fourth-order valence-corrected chi connectivity index (χ4v) is 3.48. The number of hydrogen-bond donors (Lipinski definition) is 0. The highest BCUT2D eigenvalue weighted by Gasteiger charge is 2.15. The summed E-state index contributed by atoms with van der Waals surface area (Å²) < 4.78 is 2.15. The van der Waals surface area contributed by atoms with Gasteiger partial charge in [-0.25, -0.2) is 9.97 Å². The van der Waals surface area contributed by atoms with E-state index in [1.165, 1.54) is 5.56 Å². The van der Waals surface area contributed by atoms with Crippen LogP contribution in [0, 0.1) is 6.92 Å². The molecule has 0 amide bonds. The Kier molecular flexibility index (Phi) is 3.60. The van der Waals surface area contributed by atoms with Crippen molar-refractivity contribution in [3.8, 4) is 11.3 Å². The van der Waals surface area contributed by atoms with Crippen molar-refractivity contribution in [1.29, 1.82) is 0 Å². The molecule has 3 nitrogen and oxygen atoms in total. The molecule has 0 radical (unpaired) electrons. The predicted molar refractivity (Wildman–Crippen MR) is 93.7 cm³/mol. The second kappa shape index (κ2) is 5.89. The highest BCUT2D eigenvalue weighted by molar-refractivity contribution is 7.99. The molecule has 112 valence electrons. The smallest absolute Gasteiger partial charge is 0.138 e. The van der Waals surface area contributed by atoms with Gasteiger partial charge in [-0.2, -0.15) is 0 Å². The molecule has 0 N–H and O–H groups in total. The monoisotopic (exact) mass is 317 g/mol. The molecule has 3 aromatic heterocycles. The van der Waals surface area contributed by atoms with Crippen molar-refractivity contribution >= 4 is 17.4 Å². The summed E-state index contributed by atoms with van der Waals surface area (Å²) in [5.41, 5.74) is 4.27. The molecule has 0 spiro atoms. The summed E-state index contributed by atoms with van der Waals surface area (Å²) in [4.78, 5) is 9.27. The molecule has 0 saturated carbocycles. The number of hydrogen-bond acceptors (Lipinski definition) is 3. The van der Waals surface area contributed by atoms with Crippen LogP contribution in [0.1, 0.15) is 5.56 Å². The maximum Gasteiger partial charge on any atom is 0.138 e. The number of rotatable bonds is 3. The average Bonchev–Trinajstić information content (AvgIpc) is 2.95. The van der Waals surface area contributed by atoms with Crippen molar-refractivity contribution in [2.45, 2.75) is 17.0 Å². The van der Waals surface area contributed by atoms with E-state index in [2.05, 4.69) is 46.8 Å². The van der Waals surface area contributed by atoms with Gasteiger partial charge in [0.15, 0.2) is 0 Å². The van der Waals surface area contributed by atoms with Gasteiger partial charge in [-0.05, 0) is 42.4 Å². The maximum atomic E-state index is 4.83. The predicted octanol–water partition coefficient (Wildman–Crippen LogP) is 4.86. The molecule has 0 aliphatic carbocycles. The number of imidazole rings is 1. The van der Waals surface area contributed by atoms with Crippen LogP contribution in [0.25, 0.3) is 16.9 Å². The summed E-state index contributed by atoms with van der Waals surface area (Å²) in [6, 6.07) is 20.4. The van der Waals surface area contributed by atoms with Gasteiger partial charge in [0.05, 0.1) is 0 Å². The van der Waals surface area contributed by atoms with Crippen LogP contribution in [-0.2, 0) is 0 Å². The van der Waals surface area contributed by atoms with Crippen molar-refractivity contribution in [3.05, 3.63) is 78.6 Å². The molecule has 0 bridgehead atoms. The van der Waals surface area contributed by atoms with Crippen LogP contribution in [0.2, 0.25) is 0 Å². The molecule has 4 aromatic rings. The quantitative estimate of drug-likeness (QED) is 0.541. The standard InChI is InChI=1S/C19H15N3S/c1-14-10-11-16-21-18(15-7-3-2-4-8-15)19(22(16)13-14)23-17-9-5-6-12-20-17/h2-13H,1H3. The van der Waals surface area contributed by atoms with Gasteiger partial charge in [0.2, 0.25) is 0 Å². The van der Waals surface area contributed by atoms with Crippen LogP contribution in [-0.4, -0.2) is 14.4 Å². The van der Waals surface area contributed by atoms with E-state index in [0.29, 0.717) is 0 Å². The summed E-state index contributed by atoms with van der Waals surface area (Å²) in [5, 5.41) is 2.06. The molecule has 1 aromatic carbocycles. The number of aryl methyl sites for hydroxylation is 1. The van der Waals surface area contributed by atoms with Gasteiger partial charge < -0.3 is 0 Å². The molecule has 0 unspecified atom stereocenters. The molecule has 0 saturated heterocycles. The van der Waals surface area contributed by atoms with Crippen molar-refractivity contribution in [2.75, 3.05) is 0 Å². The second-order valence-corrected chi connectivity index (χ2v) is 6.35. The van der Waals surface area contributed by atoms with Crippen LogP contribution in [0.3, 0.4) is 0 Å². The molecular weight excluding hydrogens is 302 g/mol. The van der Waals surface area contributed by atoms with Crippen LogP contribution in [0.4, 0.5) is 0 Å². The third-order valence-corrected chi connectivity index (χ3v) is 4.64. The lowest BCUT2D eigenvalue weighted by Crippen LogP contribution is -1.89. The first-order chi connectivity index (χ1) is 11.3. The summed E-state index contributed by atoms with van der Waals surface area (Å²) in [7, 11) is 0. The maximum absolute atomic E-state index is 4.83. The zero-order chi connectivity index (χ0) is 15.6. The number of nitrogens with zero attached hydrogens (tertiary/aromatic N) is 3. The molecule has 4 heteroatoms. The molecule has 4 rings (SSSR count). The van der Waals surface area contributed by atoms with E-state index < -0.39 is 0 Å². The third-order valence-electron chi connectivity index (χ3n) is 3.61. The van der Waals surface area contributed by atoms with Crippen molar-refractivity contribution in [3.63, 3.8) is 0 Å². The number of benzene rings is 1. The minimum atomic E-state index is 0.952. The molecule has 0 fully saturated rings. The van der Waals surface area contributed by atoms with Crippen LogP contribution in [0.15, 0.2) is 83.1 Å². The lowest BCUT2D eigenvalue weighted by atomic mass is 10.2. The van der Waals surface area contributed by atoms with Gasteiger partial charge in [-0.1, -0.05) is 42.5 Å². The largest absolute Gasteiger partial charge is 0.294 e. The van der Waals surface area contributed by atoms with E-state index in [0.717, 1.165) is 27.0 Å². The fourth-order valence-electron chi connectivity index (χ4n) is 2.52. The lowest BCUT2D eigenvalue weighted by molar-refractivity contribution is 1.03. The molecule has 0 aliphatic rings. The number of pyridine rings is 2. The Morgan fingerprint density at radius 2 is 1.74 bits per heavy atom. The minimum absolute atomic E-state index is 0.952. The Hall–Kier alpha value is -2.59. The Balaban J connectivity index is 1.93. The van der Waals surface area contributed by atoms with Crippen LogP contribution in [0.5, 0.6) is 0 Å². The molecule has 0 aliphatic heterocycles. The third kappa shape index (κ3) is 2.73. The molecule has 3 heterocycles. The topological polar surface area (TPSA) is 30.2 Å². The van der Waals surface area contributed by atoms with E-state index in [1.54, 1.807) is 11.8 Å². The zero-order valence-corrected chi connectivity index (χ0v) is 13.5. The molecular formula is C19H15N3S. The lowest BCUT2D eigenvalue weighted by Gasteiger charge is -2.05. The SMILES string of the molecule is Cc1ccc2nc(-c3ccccc3)c(Sc3ccccn3)n2c1. The van der Waals surface area contributed by atoms with Crippen molar-refractivity contribution in [2.24, 2.45) is 0 Å². The summed E-state index contributed by atoms with van der Waals surface area (Å²) in [6.45, 7) is 2.09. The fraction of sp³-hybridized carbons (Fsp3) is 0.0526. The number of aromatic nitrogens is 3. The summed E-state index contributed by atoms with van der Waals surface area (Å²) in [5.74, 6) is 0. The van der Waals surface area contributed by atoms with Gasteiger partial charge in [0.1, 0.15) is 21.4 Å². The van der Waals surface area contributed by atoms with Gasteiger partial charge in [-0.3, -0.25) is 4.40 Å². The van der Waals surface area contributed by atoms with E-state index >= 15 is 0 Å². The van der Waals surface area contributed by atoms with E-state index in [1.807, 2.05) is 42.6 Å². The van der Waals surface area contributed by atoms with Gasteiger partial charge >= 0.3 is 0 Å². The second-order valence-electron chi connectivity index (χ2n) is 5.34. The van der Waals surface area contributed by atoms with Crippen molar-refractivity contribution in [1.82, 2.24) is 14.4 Å². The normalized spacial score (nSPS) is 11.0. The summed E-state index contributed by atoms with van der Waals surface area (Å²) in [6.07, 6.45) is 3.94. The zero-order valence-electron chi connectivity index (χ0n) is 12.7. The summed E-state index contributed by atoms with van der Waals surface area (Å²) >= 11 is 1.64. The first-order valence-electron chi connectivity index (χ1n) is 7.44. The molecule has 0 atom stereocenters. The first kappa shape index (κ1) is 14.0. The Bertz CT molecular complexity index is 946. The Labute approximate surface area is 139 Å². The highest BCUT2D eigenvalue weighted by Crippen LogP contribution is 2.35. The average molecular weight is 317 g/mol. The molecule has 23 heavy (non-hydrogen) atoms. The van der Waals surface area contributed by atoms with Gasteiger partial charge in [-0.15, -0.1) is 0 Å². The van der Waals surface area contributed by atoms with E-state index in [9.17, 15) is 0 Å². The Morgan fingerprint density at radius 1 is 0.913 bits per heavy atom. The minimum Gasteiger partial charge on any atom is -0.294 e. The Morgan fingerprint density at radius 3 is 2.52 bits per heavy atom.